The monoisotopic (exact) mass is 256 g/mol. The number of anilines is 1. The van der Waals surface area contributed by atoms with Gasteiger partial charge in [0, 0.05) is 28.9 Å². The molecule has 0 aromatic heterocycles. The van der Waals surface area contributed by atoms with Gasteiger partial charge in [0.1, 0.15) is 0 Å². The molecule has 102 valence electrons. The summed E-state index contributed by atoms with van der Waals surface area (Å²) in [6.07, 6.45) is 7.09. The van der Waals surface area contributed by atoms with Gasteiger partial charge in [0.25, 0.3) is 0 Å². The fourth-order valence-corrected chi connectivity index (χ4v) is 3.21. The summed E-state index contributed by atoms with van der Waals surface area (Å²) in [6.45, 7) is 6.84. The molecule has 19 heavy (non-hydrogen) atoms. The van der Waals surface area contributed by atoms with Crippen LogP contribution in [0.5, 0.6) is 0 Å². The van der Waals surface area contributed by atoms with E-state index in [1.165, 1.54) is 36.8 Å². The molecular formula is C17H24N2. The van der Waals surface area contributed by atoms with Crippen molar-refractivity contribution in [3.05, 3.63) is 28.8 Å². The van der Waals surface area contributed by atoms with Gasteiger partial charge in [0.2, 0.25) is 0 Å². The molecule has 0 amide bonds. The van der Waals surface area contributed by atoms with Gasteiger partial charge in [-0.05, 0) is 54.9 Å². The Morgan fingerprint density at radius 3 is 2.47 bits per heavy atom. The molecule has 0 saturated heterocycles. The molecular weight excluding hydrogens is 232 g/mol. The first-order valence-electron chi connectivity index (χ1n) is 7.46. The molecule has 1 aromatic rings. The van der Waals surface area contributed by atoms with E-state index >= 15 is 0 Å². The van der Waals surface area contributed by atoms with Crippen molar-refractivity contribution in [2.75, 3.05) is 5.73 Å². The third kappa shape index (κ3) is 2.29. The van der Waals surface area contributed by atoms with Crippen LogP contribution in [0, 0.1) is 5.92 Å². The molecule has 1 aromatic carbocycles. The summed E-state index contributed by atoms with van der Waals surface area (Å²) >= 11 is 0. The van der Waals surface area contributed by atoms with Gasteiger partial charge in [-0.15, -0.1) is 0 Å². The summed E-state index contributed by atoms with van der Waals surface area (Å²) in [6, 6.07) is 4.85. The van der Waals surface area contributed by atoms with Crippen molar-refractivity contribution in [3.63, 3.8) is 0 Å². The van der Waals surface area contributed by atoms with Crippen LogP contribution in [-0.4, -0.2) is 12.3 Å². The Bertz CT molecular complexity index is 520. The summed E-state index contributed by atoms with van der Waals surface area (Å²) in [4.78, 5) is 4.76. The minimum atomic E-state index is 0.237. The van der Waals surface area contributed by atoms with Crippen molar-refractivity contribution in [1.29, 1.82) is 0 Å². The molecule has 0 heterocycles. The number of nitrogens with zero attached hydrogens (tertiary/aromatic N) is 1. The van der Waals surface area contributed by atoms with Gasteiger partial charge in [-0.25, -0.2) is 0 Å². The van der Waals surface area contributed by atoms with Crippen LogP contribution in [0.2, 0.25) is 0 Å². The van der Waals surface area contributed by atoms with E-state index in [1.807, 2.05) is 6.21 Å². The average molecular weight is 256 g/mol. The number of benzene rings is 1. The highest BCUT2D eigenvalue weighted by Gasteiger charge is 2.41. The molecule has 2 nitrogen and oxygen atoms in total. The first-order valence-corrected chi connectivity index (χ1v) is 7.46. The predicted octanol–water partition coefficient (Wildman–Crippen LogP) is 3.91. The number of nitrogens with two attached hydrogens (primary N) is 1. The van der Waals surface area contributed by atoms with Crippen LogP contribution in [0.25, 0.3) is 0 Å². The fraction of sp³-hybridized carbons (Fsp3) is 0.588. The lowest BCUT2D eigenvalue weighted by Gasteiger charge is -2.22. The smallest absolute Gasteiger partial charge is 0.0500 e. The number of aliphatic imine (C=N–C) groups is 1. The summed E-state index contributed by atoms with van der Waals surface area (Å²) in [5.74, 6) is 0.880. The Labute approximate surface area is 116 Å². The molecule has 2 heteroatoms. The van der Waals surface area contributed by atoms with Gasteiger partial charge in [0.05, 0.1) is 0 Å². The van der Waals surface area contributed by atoms with E-state index < -0.39 is 0 Å². The molecule has 1 saturated carbocycles. The summed E-state index contributed by atoms with van der Waals surface area (Å²) in [5.41, 5.74) is 11.2. The highest BCUT2D eigenvalue weighted by molar-refractivity contribution is 5.89. The number of hydrogen-bond acceptors (Lipinski definition) is 2. The van der Waals surface area contributed by atoms with Crippen LogP contribution in [0.1, 0.15) is 63.1 Å². The van der Waals surface area contributed by atoms with Gasteiger partial charge in [0.15, 0.2) is 0 Å². The van der Waals surface area contributed by atoms with Gasteiger partial charge in [-0.1, -0.05) is 20.8 Å². The lowest BCUT2D eigenvalue weighted by Crippen LogP contribution is -2.15. The SMILES string of the molecule is CC1CCC(N=Cc2cc3c(cc2N)C3(C)C)CC1. The van der Waals surface area contributed by atoms with E-state index in [1.54, 1.807) is 0 Å². The van der Waals surface area contributed by atoms with Crippen LogP contribution in [0.3, 0.4) is 0 Å². The molecule has 0 unspecified atom stereocenters. The second kappa shape index (κ2) is 4.36. The summed E-state index contributed by atoms with van der Waals surface area (Å²) in [5, 5.41) is 0. The quantitative estimate of drug-likeness (QED) is 0.632. The molecule has 0 aliphatic heterocycles. The number of hydrogen-bond donors (Lipinski definition) is 1. The van der Waals surface area contributed by atoms with Crippen LogP contribution in [-0.2, 0) is 5.41 Å². The summed E-state index contributed by atoms with van der Waals surface area (Å²) < 4.78 is 0. The normalized spacial score (nSPS) is 28.4. The second-order valence-electron chi connectivity index (χ2n) is 6.84. The second-order valence-corrected chi connectivity index (χ2v) is 6.84. The zero-order chi connectivity index (χ0) is 13.6. The molecule has 3 rings (SSSR count). The van der Waals surface area contributed by atoms with E-state index in [-0.39, 0.29) is 5.41 Å². The van der Waals surface area contributed by atoms with Gasteiger partial charge in [-0.3, -0.25) is 4.99 Å². The van der Waals surface area contributed by atoms with Crippen molar-refractivity contribution < 1.29 is 0 Å². The molecule has 2 N–H and O–H groups in total. The Morgan fingerprint density at radius 2 is 1.79 bits per heavy atom. The molecule has 1 fully saturated rings. The predicted molar refractivity (Wildman–Crippen MR) is 82.0 cm³/mol. The number of rotatable bonds is 2. The maximum atomic E-state index is 6.12. The van der Waals surface area contributed by atoms with E-state index in [2.05, 4.69) is 32.9 Å². The maximum Gasteiger partial charge on any atom is 0.0500 e. The van der Waals surface area contributed by atoms with Crippen molar-refractivity contribution in [2.24, 2.45) is 10.9 Å². The molecule has 2 aliphatic carbocycles. The third-order valence-electron chi connectivity index (χ3n) is 4.92. The van der Waals surface area contributed by atoms with E-state index in [0.717, 1.165) is 17.2 Å². The number of fused-ring (bicyclic) bond motifs is 1. The topological polar surface area (TPSA) is 38.4 Å². The van der Waals surface area contributed by atoms with Crippen LogP contribution < -0.4 is 5.73 Å². The van der Waals surface area contributed by atoms with Crippen LogP contribution in [0.4, 0.5) is 5.69 Å². The van der Waals surface area contributed by atoms with Crippen LogP contribution in [0.15, 0.2) is 17.1 Å². The first kappa shape index (κ1) is 12.7. The Morgan fingerprint density at radius 1 is 1.16 bits per heavy atom. The highest BCUT2D eigenvalue weighted by atomic mass is 14.8. The van der Waals surface area contributed by atoms with Gasteiger partial charge < -0.3 is 5.73 Å². The van der Waals surface area contributed by atoms with E-state index in [4.69, 9.17) is 10.7 Å². The zero-order valence-corrected chi connectivity index (χ0v) is 12.2. The summed E-state index contributed by atoms with van der Waals surface area (Å²) in [7, 11) is 0. The number of nitrogen functional groups attached to an aromatic ring is 1. The molecule has 2 aliphatic rings. The third-order valence-corrected chi connectivity index (χ3v) is 4.92. The standard InChI is InChI=1S/C17H24N2/c1-11-4-6-13(7-5-11)19-10-12-8-14-15(9-16(12)18)17(14,2)3/h8-11,13H,4-7,18H2,1-3H3. The lowest BCUT2D eigenvalue weighted by atomic mass is 9.88. The molecule has 0 atom stereocenters. The molecule has 0 bridgehead atoms. The fourth-order valence-electron chi connectivity index (χ4n) is 3.21. The van der Waals surface area contributed by atoms with Crippen molar-refractivity contribution in [3.8, 4) is 0 Å². The maximum absolute atomic E-state index is 6.12. The molecule has 0 radical (unpaired) electrons. The van der Waals surface area contributed by atoms with Crippen LogP contribution >= 0.6 is 0 Å². The first-order chi connectivity index (χ1) is 8.98. The van der Waals surface area contributed by atoms with Gasteiger partial charge in [-0.2, -0.15) is 0 Å². The van der Waals surface area contributed by atoms with Crippen molar-refractivity contribution in [1.82, 2.24) is 0 Å². The van der Waals surface area contributed by atoms with E-state index in [9.17, 15) is 0 Å². The van der Waals surface area contributed by atoms with E-state index in [0.29, 0.717) is 6.04 Å². The Balaban J connectivity index is 1.73. The Kier molecular flexibility index (Phi) is 2.92. The molecule has 0 spiro atoms. The minimum Gasteiger partial charge on any atom is -0.398 e. The lowest BCUT2D eigenvalue weighted by molar-refractivity contribution is 0.350. The van der Waals surface area contributed by atoms with Crippen molar-refractivity contribution in [2.45, 2.75) is 57.9 Å². The largest absolute Gasteiger partial charge is 0.398 e. The minimum absolute atomic E-state index is 0.237. The average Bonchev–Trinajstić information content (AvgIpc) is 2.89. The van der Waals surface area contributed by atoms with Crippen molar-refractivity contribution >= 4 is 11.9 Å². The van der Waals surface area contributed by atoms with Gasteiger partial charge >= 0.3 is 0 Å². The highest BCUT2D eigenvalue weighted by Crippen LogP contribution is 2.50. The zero-order valence-electron chi connectivity index (χ0n) is 12.2. The Hall–Kier alpha value is -1.31.